The zero-order valence-corrected chi connectivity index (χ0v) is 20.0. The molecule has 178 valence electrons. The fraction of sp³-hybridized carbons (Fsp3) is 0.200. The fourth-order valence-electron chi connectivity index (χ4n) is 2.97. The highest BCUT2D eigenvalue weighted by atomic mass is 79.9. The summed E-state index contributed by atoms with van der Waals surface area (Å²) in [5, 5.41) is 3.86. The lowest BCUT2D eigenvalue weighted by atomic mass is 10.1. The second kappa shape index (κ2) is 11.2. The van der Waals surface area contributed by atoms with Crippen molar-refractivity contribution in [2.45, 2.75) is 26.6 Å². The van der Waals surface area contributed by atoms with Crippen LogP contribution in [0.15, 0.2) is 70.2 Å². The van der Waals surface area contributed by atoms with Crippen LogP contribution in [0, 0.1) is 6.92 Å². The number of amides is 1. The second-order valence-electron chi connectivity index (χ2n) is 7.31. The lowest BCUT2D eigenvalue weighted by Crippen LogP contribution is -2.18. The number of nitrogens with one attached hydrogen (secondary N) is 1. The molecule has 0 radical (unpaired) electrons. The summed E-state index contributed by atoms with van der Waals surface area (Å²) in [5.74, 6) is 0.242. The summed E-state index contributed by atoms with van der Waals surface area (Å²) in [5.41, 5.74) is 3.93. The van der Waals surface area contributed by atoms with Crippen LogP contribution in [0.4, 0.5) is 13.2 Å². The zero-order chi connectivity index (χ0) is 24.7. The van der Waals surface area contributed by atoms with Crippen LogP contribution in [0.3, 0.4) is 0 Å². The third kappa shape index (κ3) is 6.84. The topological polar surface area (TPSA) is 59.9 Å². The van der Waals surface area contributed by atoms with Gasteiger partial charge in [0.25, 0.3) is 5.91 Å². The first-order chi connectivity index (χ1) is 16.2. The molecule has 0 unspecified atom stereocenters. The van der Waals surface area contributed by atoms with E-state index >= 15 is 0 Å². The summed E-state index contributed by atoms with van der Waals surface area (Å²) >= 11 is 3.48. The summed E-state index contributed by atoms with van der Waals surface area (Å²) in [6.45, 7) is 4.60. The molecule has 0 aliphatic heterocycles. The Balaban J connectivity index is 1.72. The van der Waals surface area contributed by atoms with Gasteiger partial charge in [-0.25, -0.2) is 5.43 Å². The number of hydrogen-bond donors (Lipinski definition) is 1. The Hall–Kier alpha value is -3.33. The van der Waals surface area contributed by atoms with Gasteiger partial charge in [-0.2, -0.15) is 18.3 Å². The lowest BCUT2D eigenvalue weighted by molar-refractivity contribution is -0.137. The number of hydrazone groups is 1. The van der Waals surface area contributed by atoms with Crippen molar-refractivity contribution in [3.8, 4) is 11.5 Å². The number of benzene rings is 3. The van der Waals surface area contributed by atoms with Crippen molar-refractivity contribution in [2.24, 2.45) is 5.10 Å². The van der Waals surface area contributed by atoms with E-state index in [1.54, 1.807) is 12.1 Å². The van der Waals surface area contributed by atoms with Crippen molar-refractivity contribution in [3.63, 3.8) is 0 Å². The molecule has 0 fully saturated rings. The number of aryl methyl sites for hydroxylation is 1. The van der Waals surface area contributed by atoms with E-state index in [-0.39, 0.29) is 5.56 Å². The number of carbonyl (C=O) groups is 1. The van der Waals surface area contributed by atoms with Gasteiger partial charge < -0.3 is 9.47 Å². The molecule has 0 spiro atoms. The minimum atomic E-state index is -4.54. The van der Waals surface area contributed by atoms with Gasteiger partial charge in [-0.15, -0.1) is 0 Å². The minimum absolute atomic E-state index is 0.150. The van der Waals surface area contributed by atoms with Crippen molar-refractivity contribution >= 4 is 28.1 Å². The first kappa shape index (κ1) is 25.3. The third-order valence-electron chi connectivity index (χ3n) is 4.67. The number of hydrogen-bond acceptors (Lipinski definition) is 4. The molecule has 0 saturated heterocycles. The van der Waals surface area contributed by atoms with Crippen molar-refractivity contribution < 1.29 is 27.4 Å². The molecule has 5 nitrogen and oxygen atoms in total. The monoisotopic (exact) mass is 534 g/mol. The van der Waals surface area contributed by atoms with Gasteiger partial charge >= 0.3 is 6.18 Å². The van der Waals surface area contributed by atoms with E-state index in [0.717, 1.165) is 23.3 Å². The third-order valence-corrected chi connectivity index (χ3v) is 5.26. The Kier molecular flexibility index (Phi) is 8.33. The standard InChI is InChI=1S/C25H22BrF3N2O3/c1-3-33-22-12-18(11-21(26)23(22)34-15-17-9-7-16(2)8-10-17)14-30-31-24(32)19-5-4-6-20(13-19)25(27,28)29/h4-14H,3,15H2,1-2H3,(H,31,32)/b30-14-. The number of carbonyl (C=O) groups excluding carboxylic acids is 1. The van der Waals surface area contributed by atoms with Crippen molar-refractivity contribution in [1.82, 2.24) is 5.43 Å². The molecule has 0 bridgehead atoms. The lowest BCUT2D eigenvalue weighted by Gasteiger charge is -2.15. The average molecular weight is 535 g/mol. The first-order valence-corrected chi connectivity index (χ1v) is 11.1. The van der Waals surface area contributed by atoms with Crippen LogP contribution in [-0.4, -0.2) is 18.7 Å². The van der Waals surface area contributed by atoms with Crippen molar-refractivity contribution in [1.29, 1.82) is 0 Å². The van der Waals surface area contributed by atoms with Crippen LogP contribution in [0.1, 0.15) is 39.5 Å². The summed E-state index contributed by atoms with van der Waals surface area (Å²) in [6, 6.07) is 15.5. The summed E-state index contributed by atoms with van der Waals surface area (Å²) in [7, 11) is 0. The molecule has 0 aliphatic carbocycles. The van der Waals surface area contributed by atoms with Gasteiger partial charge in [0, 0.05) is 5.56 Å². The SMILES string of the molecule is CCOc1cc(/C=N\NC(=O)c2cccc(C(F)(F)F)c2)cc(Br)c1OCc1ccc(C)cc1. The van der Waals surface area contributed by atoms with E-state index in [1.165, 1.54) is 18.3 Å². The van der Waals surface area contributed by atoms with Crippen molar-refractivity contribution in [3.05, 3.63) is 93.0 Å². The number of alkyl halides is 3. The Morgan fingerprint density at radius 1 is 1.09 bits per heavy atom. The van der Waals surface area contributed by atoms with E-state index < -0.39 is 17.6 Å². The molecule has 0 saturated carbocycles. The minimum Gasteiger partial charge on any atom is -0.490 e. The molecule has 0 heterocycles. The smallest absolute Gasteiger partial charge is 0.416 e. The molecule has 3 aromatic rings. The van der Waals surface area contributed by atoms with Gasteiger partial charge in [0.1, 0.15) is 6.61 Å². The van der Waals surface area contributed by atoms with Gasteiger partial charge in [0.15, 0.2) is 11.5 Å². The number of rotatable bonds is 8. The van der Waals surface area contributed by atoms with E-state index in [9.17, 15) is 18.0 Å². The summed E-state index contributed by atoms with van der Waals surface area (Å²) in [6.07, 6.45) is -3.17. The second-order valence-corrected chi connectivity index (χ2v) is 8.17. The summed E-state index contributed by atoms with van der Waals surface area (Å²) in [4.78, 5) is 12.2. The highest BCUT2D eigenvalue weighted by Crippen LogP contribution is 2.37. The van der Waals surface area contributed by atoms with Gasteiger partial charge in [-0.3, -0.25) is 4.79 Å². The quantitative estimate of drug-likeness (QED) is 0.264. The molecule has 1 N–H and O–H groups in total. The van der Waals surface area contributed by atoms with Crippen LogP contribution in [0.25, 0.3) is 0 Å². The van der Waals surface area contributed by atoms with Crippen LogP contribution in [0.5, 0.6) is 11.5 Å². The number of nitrogens with zero attached hydrogens (tertiary/aromatic N) is 1. The van der Waals surface area contributed by atoms with Crippen LogP contribution >= 0.6 is 15.9 Å². The maximum absolute atomic E-state index is 12.9. The molecule has 1 amide bonds. The van der Waals surface area contributed by atoms with E-state index in [4.69, 9.17) is 9.47 Å². The van der Waals surface area contributed by atoms with Crippen LogP contribution in [0.2, 0.25) is 0 Å². The largest absolute Gasteiger partial charge is 0.490 e. The molecule has 34 heavy (non-hydrogen) atoms. The Labute approximate surface area is 203 Å². The Bertz CT molecular complexity index is 1180. The molecule has 9 heteroatoms. The maximum atomic E-state index is 12.9. The normalized spacial score (nSPS) is 11.5. The molecule has 3 rings (SSSR count). The van der Waals surface area contributed by atoms with Gasteiger partial charge in [0.05, 0.1) is 22.9 Å². The van der Waals surface area contributed by atoms with Crippen LogP contribution < -0.4 is 14.9 Å². The molecular formula is C25H22BrF3N2O3. The molecule has 0 atom stereocenters. The number of halogens is 4. The van der Waals surface area contributed by atoms with E-state index in [2.05, 4.69) is 26.5 Å². The first-order valence-electron chi connectivity index (χ1n) is 10.3. The average Bonchev–Trinajstić information content (AvgIpc) is 2.79. The summed E-state index contributed by atoms with van der Waals surface area (Å²) < 4.78 is 50.8. The van der Waals surface area contributed by atoms with Crippen LogP contribution in [-0.2, 0) is 12.8 Å². The van der Waals surface area contributed by atoms with Gasteiger partial charge in [-0.1, -0.05) is 35.9 Å². The van der Waals surface area contributed by atoms with E-state index in [1.807, 2.05) is 38.1 Å². The zero-order valence-electron chi connectivity index (χ0n) is 18.4. The number of ether oxygens (including phenoxy) is 2. The maximum Gasteiger partial charge on any atom is 0.416 e. The highest BCUT2D eigenvalue weighted by Gasteiger charge is 2.30. The fourth-order valence-corrected chi connectivity index (χ4v) is 3.55. The predicted octanol–water partition coefficient (Wildman–Crippen LogP) is 6.52. The van der Waals surface area contributed by atoms with Crippen molar-refractivity contribution in [2.75, 3.05) is 6.61 Å². The molecular weight excluding hydrogens is 513 g/mol. The molecule has 3 aromatic carbocycles. The molecule has 0 aliphatic rings. The van der Waals surface area contributed by atoms with Gasteiger partial charge in [0.2, 0.25) is 0 Å². The van der Waals surface area contributed by atoms with Gasteiger partial charge in [-0.05, 0) is 71.2 Å². The Morgan fingerprint density at radius 2 is 1.82 bits per heavy atom. The van der Waals surface area contributed by atoms with E-state index in [0.29, 0.717) is 34.7 Å². The Morgan fingerprint density at radius 3 is 2.50 bits per heavy atom. The molecule has 0 aromatic heterocycles. The highest BCUT2D eigenvalue weighted by molar-refractivity contribution is 9.10. The predicted molar refractivity (Wildman–Crippen MR) is 127 cm³/mol.